The fourth-order valence-corrected chi connectivity index (χ4v) is 2.57. The monoisotopic (exact) mass is 288 g/mol. The quantitative estimate of drug-likeness (QED) is 0.875. The lowest BCUT2D eigenvalue weighted by Gasteiger charge is -2.16. The number of anilines is 2. The van der Waals surface area contributed by atoms with Crippen molar-refractivity contribution >= 4 is 11.6 Å². The summed E-state index contributed by atoms with van der Waals surface area (Å²) in [5.41, 5.74) is 7.30. The fraction of sp³-hybridized carbons (Fsp3) is 0.467. The molecule has 0 unspecified atom stereocenters. The van der Waals surface area contributed by atoms with E-state index in [-0.39, 0.29) is 0 Å². The van der Waals surface area contributed by atoms with Gasteiger partial charge in [0.15, 0.2) is 0 Å². The normalized spacial score (nSPS) is 15.8. The Labute approximate surface area is 123 Å². The Kier molecular flexibility index (Phi) is 3.94. The van der Waals surface area contributed by atoms with Gasteiger partial charge in [-0.15, -0.1) is 0 Å². The van der Waals surface area contributed by atoms with Crippen molar-refractivity contribution < 1.29 is 9.26 Å². The van der Waals surface area contributed by atoms with Crippen molar-refractivity contribution in [1.82, 2.24) is 10.1 Å². The Bertz CT molecular complexity index is 603. The van der Waals surface area contributed by atoms with Crippen LogP contribution in [0, 0.1) is 0 Å². The van der Waals surface area contributed by atoms with E-state index in [1.165, 1.54) is 25.7 Å². The number of aromatic nitrogens is 2. The predicted molar refractivity (Wildman–Crippen MR) is 81.4 cm³/mol. The lowest BCUT2D eigenvalue weighted by molar-refractivity contribution is 0.413. The van der Waals surface area contributed by atoms with Gasteiger partial charge in [0, 0.05) is 18.8 Å². The van der Waals surface area contributed by atoms with Crippen LogP contribution in [0.1, 0.15) is 25.7 Å². The highest BCUT2D eigenvalue weighted by Crippen LogP contribution is 2.30. The van der Waals surface area contributed by atoms with Gasteiger partial charge in [-0.1, -0.05) is 12.8 Å². The van der Waals surface area contributed by atoms with Crippen LogP contribution in [0.5, 0.6) is 5.75 Å². The zero-order valence-electron chi connectivity index (χ0n) is 12.2. The number of ether oxygens (including phenoxy) is 1. The molecule has 112 valence electrons. The first-order valence-corrected chi connectivity index (χ1v) is 7.30. The molecule has 21 heavy (non-hydrogen) atoms. The number of benzene rings is 1. The molecule has 3 rings (SSSR count). The average Bonchev–Trinajstić information content (AvgIpc) is 2.83. The fourth-order valence-electron chi connectivity index (χ4n) is 2.57. The second-order valence-corrected chi connectivity index (χ2v) is 5.25. The molecule has 2 heterocycles. The first kappa shape index (κ1) is 13.7. The third-order valence-electron chi connectivity index (χ3n) is 3.80. The molecule has 2 aromatic rings. The van der Waals surface area contributed by atoms with Gasteiger partial charge in [-0.25, -0.2) is 0 Å². The average molecular weight is 288 g/mol. The van der Waals surface area contributed by atoms with E-state index in [1.54, 1.807) is 13.2 Å². The maximum atomic E-state index is 5.99. The summed E-state index contributed by atoms with van der Waals surface area (Å²) in [5, 5.41) is 4.10. The van der Waals surface area contributed by atoms with Crippen LogP contribution in [0.15, 0.2) is 22.7 Å². The number of hydrogen-bond acceptors (Lipinski definition) is 6. The van der Waals surface area contributed by atoms with E-state index in [0.29, 0.717) is 28.8 Å². The van der Waals surface area contributed by atoms with Crippen LogP contribution in [0.25, 0.3) is 11.5 Å². The maximum absolute atomic E-state index is 5.99. The molecule has 1 fully saturated rings. The summed E-state index contributed by atoms with van der Waals surface area (Å²) in [5.74, 6) is 1.80. The molecule has 1 aliphatic heterocycles. The van der Waals surface area contributed by atoms with Gasteiger partial charge in [0.2, 0.25) is 0 Å². The van der Waals surface area contributed by atoms with Gasteiger partial charge in [-0.3, -0.25) is 0 Å². The zero-order valence-corrected chi connectivity index (χ0v) is 12.2. The molecule has 0 aliphatic carbocycles. The number of nitrogen functional groups attached to an aromatic ring is 1. The first-order chi connectivity index (χ1) is 10.3. The van der Waals surface area contributed by atoms with Gasteiger partial charge in [-0.05, 0) is 36.2 Å². The number of nitrogens with zero attached hydrogens (tertiary/aromatic N) is 3. The molecular weight excluding hydrogens is 268 g/mol. The summed E-state index contributed by atoms with van der Waals surface area (Å²) in [6, 6.07) is 5.41. The Morgan fingerprint density at radius 2 is 1.95 bits per heavy atom. The Morgan fingerprint density at radius 3 is 2.67 bits per heavy atom. The van der Waals surface area contributed by atoms with Crippen LogP contribution in [0.2, 0.25) is 0 Å². The molecule has 1 aliphatic rings. The number of hydrogen-bond donors (Lipinski definition) is 1. The number of rotatable bonds is 3. The lowest BCUT2D eigenvalue weighted by Crippen LogP contribution is -2.24. The van der Waals surface area contributed by atoms with Gasteiger partial charge >= 0.3 is 0 Å². The molecule has 0 bridgehead atoms. The summed E-state index contributed by atoms with van der Waals surface area (Å²) in [6.45, 7) is 1.96. The minimum absolute atomic E-state index is 0.436. The number of methoxy groups -OCH3 is 1. The van der Waals surface area contributed by atoms with Crippen LogP contribution in [0.3, 0.4) is 0 Å². The number of nitrogens with two attached hydrogens (primary N) is 1. The van der Waals surface area contributed by atoms with Crippen molar-refractivity contribution in [3.05, 3.63) is 18.2 Å². The molecule has 1 saturated heterocycles. The van der Waals surface area contributed by atoms with E-state index in [9.17, 15) is 0 Å². The van der Waals surface area contributed by atoms with Crippen molar-refractivity contribution in [3.8, 4) is 17.2 Å². The standard InChI is InChI=1S/C15H20N4O2/c1-20-11-6-7-13(16)12(10-11)14-17-15(18-21-14)19-8-4-2-3-5-9-19/h6-7,10H,2-5,8-9,16H2,1H3. The summed E-state index contributed by atoms with van der Waals surface area (Å²) < 4.78 is 10.6. The van der Waals surface area contributed by atoms with Crippen molar-refractivity contribution in [3.63, 3.8) is 0 Å². The Morgan fingerprint density at radius 1 is 1.19 bits per heavy atom. The Balaban J connectivity index is 1.87. The summed E-state index contributed by atoms with van der Waals surface area (Å²) in [6.07, 6.45) is 4.88. The highest BCUT2D eigenvalue weighted by atomic mass is 16.5. The molecule has 0 spiro atoms. The van der Waals surface area contributed by atoms with Gasteiger partial charge in [0.1, 0.15) is 5.75 Å². The highest BCUT2D eigenvalue weighted by molar-refractivity contribution is 5.72. The van der Waals surface area contributed by atoms with Crippen LogP contribution in [-0.2, 0) is 0 Å². The van der Waals surface area contributed by atoms with E-state index in [0.717, 1.165) is 13.1 Å². The lowest BCUT2D eigenvalue weighted by atomic mass is 10.1. The molecule has 0 saturated carbocycles. The first-order valence-electron chi connectivity index (χ1n) is 7.30. The zero-order chi connectivity index (χ0) is 14.7. The molecule has 0 radical (unpaired) electrons. The van der Waals surface area contributed by atoms with E-state index >= 15 is 0 Å². The molecular formula is C15H20N4O2. The van der Waals surface area contributed by atoms with E-state index in [4.69, 9.17) is 15.0 Å². The largest absolute Gasteiger partial charge is 0.497 e. The predicted octanol–water partition coefficient (Wildman–Crippen LogP) is 2.71. The topological polar surface area (TPSA) is 77.4 Å². The van der Waals surface area contributed by atoms with E-state index < -0.39 is 0 Å². The van der Waals surface area contributed by atoms with Crippen molar-refractivity contribution in [2.75, 3.05) is 30.8 Å². The van der Waals surface area contributed by atoms with E-state index in [2.05, 4.69) is 15.0 Å². The Hall–Kier alpha value is -2.24. The van der Waals surface area contributed by atoms with Crippen LogP contribution >= 0.6 is 0 Å². The van der Waals surface area contributed by atoms with Gasteiger partial charge in [-0.2, -0.15) is 4.98 Å². The molecule has 6 nitrogen and oxygen atoms in total. The second-order valence-electron chi connectivity index (χ2n) is 5.25. The molecule has 1 aromatic heterocycles. The summed E-state index contributed by atoms with van der Waals surface area (Å²) in [4.78, 5) is 6.67. The molecule has 0 atom stereocenters. The third kappa shape index (κ3) is 2.94. The van der Waals surface area contributed by atoms with Gasteiger partial charge < -0.3 is 19.9 Å². The van der Waals surface area contributed by atoms with Gasteiger partial charge in [0.05, 0.1) is 12.7 Å². The van der Waals surface area contributed by atoms with Crippen LogP contribution in [-0.4, -0.2) is 30.3 Å². The minimum atomic E-state index is 0.436. The maximum Gasteiger partial charge on any atom is 0.266 e. The molecule has 6 heteroatoms. The third-order valence-corrected chi connectivity index (χ3v) is 3.80. The summed E-state index contributed by atoms with van der Waals surface area (Å²) in [7, 11) is 1.62. The minimum Gasteiger partial charge on any atom is -0.497 e. The van der Waals surface area contributed by atoms with Crippen molar-refractivity contribution in [2.24, 2.45) is 0 Å². The van der Waals surface area contributed by atoms with Crippen molar-refractivity contribution in [2.45, 2.75) is 25.7 Å². The SMILES string of the molecule is COc1ccc(N)c(-c2nc(N3CCCCCC3)no2)c1. The smallest absolute Gasteiger partial charge is 0.266 e. The van der Waals surface area contributed by atoms with Gasteiger partial charge in [0.25, 0.3) is 11.8 Å². The van der Waals surface area contributed by atoms with E-state index in [1.807, 2.05) is 12.1 Å². The van der Waals surface area contributed by atoms with Crippen LogP contribution < -0.4 is 15.4 Å². The second kappa shape index (κ2) is 6.03. The molecule has 1 aromatic carbocycles. The van der Waals surface area contributed by atoms with Crippen LogP contribution in [0.4, 0.5) is 11.6 Å². The summed E-state index contributed by atoms with van der Waals surface area (Å²) >= 11 is 0. The molecule has 0 amide bonds. The molecule has 2 N–H and O–H groups in total. The highest BCUT2D eigenvalue weighted by Gasteiger charge is 2.18. The van der Waals surface area contributed by atoms with Crippen molar-refractivity contribution in [1.29, 1.82) is 0 Å².